The predicted octanol–water partition coefficient (Wildman–Crippen LogP) is 3.98. The fraction of sp³-hybridized carbons (Fsp3) is 0.360. The van der Waals surface area contributed by atoms with Crippen molar-refractivity contribution in [3.63, 3.8) is 0 Å². The quantitative estimate of drug-likeness (QED) is 0.464. The van der Waals surface area contributed by atoms with Crippen molar-refractivity contribution in [2.24, 2.45) is 11.7 Å². The first kappa shape index (κ1) is 20.7. The number of aromatic carboxylic acids is 1. The Morgan fingerprint density at radius 1 is 1.28 bits per heavy atom. The minimum Gasteiger partial charge on any atom is -0.491 e. The number of nitrogens with one attached hydrogen (secondary N) is 1. The van der Waals surface area contributed by atoms with Crippen molar-refractivity contribution < 1.29 is 19.4 Å². The molecule has 32 heavy (non-hydrogen) atoms. The van der Waals surface area contributed by atoms with E-state index in [4.69, 9.17) is 15.2 Å². The molecule has 7 heteroatoms. The number of aromatic nitrogens is 2. The maximum atomic E-state index is 12.1. The lowest BCUT2D eigenvalue weighted by molar-refractivity contribution is 0.0694. The van der Waals surface area contributed by atoms with Gasteiger partial charge >= 0.3 is 5.97 Å². The van der Waals surface area contributed by atoms with Gasteiger partial charge in [0.25, 0.3) is 0 Å². The number of aryl methyl sites for hydroxylation is 1. The summed E-state index contributed by atoms with van der Waals surface area (Å²) < 4.78 is 10.8. The number of methoxy groups -OCH3 is 1. The molecule has 1 atom stereocenters. The van der Waals surface area contributed by atoms with Gasteiger partial charge in [-0.25, -0.2) is 4.79 Å². The van der Waals surface area contributed by atoms with Gasteiger partial charge in [0.1, 0.15) is 12.4 Å². The Balaban J connectivity index is 1.54. The van der Waals surface area contributed by atoms with Crippen LogP contribution in [0.15, 0.2) is 36.5 Å². The lowest BCUT2D eigenvalue weighted by atomic mass is 9.88. The molecule has 0 aliphatic heterocycles. The van der Waals surface area contributed by atoms with Crippen LogP contribution in [0.25, 0.3) is 22.5 Å². The maximum absolute atomic E-state index is 12.1. The number of carboxylic acid groups (broad SMARTS) is 1. The molecule has 166 valence electrons. The van der Waals surface area contributed by atoms with Gasteiger partial charge in [-0.15, -0.1) is 0 Å². The van der Waals surface area contributed by atoms with Crippen molar-refractivity contribution >= 4 is 5.97 Å². The third kappa shape index (κ3) is 3.78. The van der Waals surface area contributed by atoms with Crippen LogP contribution >= 0.6 is 0 Å². The summed E-state index contributed by atoms with van der Waals surface area (Å²) in [7, 11) is 1.64. The summed E-state index contributed by atoms with van der Waals surface area (Å²) in [4.78, 5) is 20.2. The van der Waals surface area contributed by atoms with Crippen LogP contribution in [0.1, 0.15) is 46.1 Å². The molecule has 1 fully saturated rings. The summed E-state index contributed by atoms with van der Waals surface area (Å²) in [6.07, 6.45) is 5.43. The molecule has 4 N–H and O–H groups in total. The molecular formula is C25H27N3O4. The second-order valence-electron chi connectivity index (χ2n) is 8.53. The van der Waals surface area contributed by atoms with E-state index in [1.54, 1.807) is 7.11 Å². The Hall–Kier alpha value is -3.16. The van der Waals surface area contributed by atoms with Gasteiger partial charge in [-0.3, -0.25) is 4.98 Å². The first-order valence-electron chi connectivity index (χ1n) is 11.0. The number of H-pyrrole nitrogens is 1. The highest BCUT2D eigenvalue weighted by Crippen LogP contribution is 2.44. The van der Waals surface area contributed by atoms with Gasteiger partial charge in [0.05, 0.1) is 23.6 Å². The zero-order chi connectivity index (χ0) is 22.2. The van der Waals surface area contributed by atoms with E-state index in [0.29, 0.717) is 36.8 Å². The van der Waals surface area contributed by atoms with Crippen molar-refractivity contribution in [2.45, 2.75) is 31.7 Å². The van der Waals surface area contributed by atoms with Crippen LogP contribution in [0.3, 0.4) is 0 Å². The van der Waals surface area contributed by atoms with E-state index in [9.17, 15) is 9.90 Å². The van der Waals surface area contributed by atoms with Gasteiger partial charge in [0.2, 0.25) is 0 Å². The maximum Gasteiger partial charge on any atom is 0.337 e. The summed E-state index contributed by atoms with van der Waals surface area (Å²) in [5.41, 5.74) is 13.0. The van der Waals surface area contributed by atoms with E-state index >= 15 is 0 Å². The number of carboxylic acids is 1. The molecule has 1 aromatic carbocycles. The monoisotopic (exact) mass is 433 g/mol. The number of pyridine rings is 1. The number of aromatic amines is 1. The van der Waals surface area contributed by atoms with Crippen LogP contribution < -0.4 is 10.5 Å². The van der Waals surface area contributed by atoms with Crippen molar-refractivity contribution in [1.29, 1.82) is 0 Å². The lowest BCUT2D eigenvalue weighted by Crippen LogP contribution is -2.17. The Morgan fingerprint density at radius 2 is 2.12 bits per heavy atom. The highest BCUT2D eigenvalue weighted by molar-refractivity contribution is 5.95. The van der Waals surface area contributed by atoms with Crippen molar-refractivity contribution in [3.05, 3.63) is 58.9 Å². The zero-order valence-corrected chi connectivity index (χ0v) is 18.1. The number of hydrogen-bond acceptors (Lipinski definition) is 5. The highest BCUT2D eigenvalue weighted by atomic mass is 16.5. The summed E-state index contributed by atoms with van der Waals surface area (Å²) in [6, 6.07) is 9.57. The Bertz CT molecular complexity index is 1170. The standard InChI is InChI=1S/C25H27N3O4/c1-31-9-10-32-17-4-2-3-15(11-17)20-12-19-16(13-27-20)7-8-18-21(25(29)30)24(28-23(18)19)22(26)14-5-6-14/h2-4,11-14,22,28H,5-10,26H2,1H3,(H,29,30). The van der Waals surface area contributed by atoms with Gasteiger partial charge in [-0.1, -0.05) is 12.1 Å². The molecule has 5 rings (SSSR count). The fourth-order valence-corrected chi connectivity index (χ4v) is 4.55. The van der Waals surface area contributed by atoms with Crippen LogP contribution in [0.4, 0.5) is 0 Å². The van der Waals surface area contributed by atoms with Crippen LogP contribution in [0.5, 0.6) is 5.75 Å². The number of hydrogen-bond donors (Lipinski definition) is 3. The molecule has 2 aromatic heterocycles. The number of ether oxygens (including phenoxy) is 2. The van der Waals surface area contributed by atoms with E-state index in [-0.39, 0.29) is 6.04 Å². The molecule has 0 spiro atoms. The molecule has 0 saturated heterocycles. The topological polar surface area (TPSA) is 110 Å². The largest absolute Gasteiger partial charge is 0.491 e. The smallest absolute Gasteiger partial charge is 0.337 e. The summed E-state index contributed by atoms with van der Waals surface area (Å²) >= 11 is 0. The molecular weight excluding hydrogens is 406 g/mol. The van der Waals surface area contributed by atoms with E-state index in [1.807, 2.05) is 36.5 Å². The average molecular weight is 434 g/mol. The van der Waals surface area contributed by atoms with Gasteiger partial charge in [-0.05, 0) is 60.9 Å². The third-order valence-electron chi connectivity index (χ3n) is 6.40. The van der Waals surface area contributed by atoms with Crippen LogP contribution in [-0.4, -0.2) is 41.4 Å². The molecule has 0 amide bonds. The molecule has 2 heterocycles. The van der Waals surface area contributed by atoms with Gasteiger partial charge in [0.15, 0.2) is 0 Å². The number of carbonyl (C=O) groups is 1. The Morgan fingerprint density at radius 3 is 2.88 bits per heavy atom. The van der Waals surface area contributed by atoms with Crippen molar-refractivity contribution in [1.82, 2.24) is 9.97 Å². The van der Waals surface area contributed by atoms with Gasteiger partial charge in [0, 0.05) is 36.2 Å². The second-order valence-corrected chi connectivity index (χ2v) is 8.53. The molecule has 0 bridgehead atoms. The second kappa shape index (κ2) is 8.41. The minimum absolute atomic E-state index is 0.266. The van der Waals surface area contributed by atoms with E-state index in [1.165, 1.54) is 0 Å². The molecule has 1 saturated carbocycles. The fourth-order valence-electron chi connectivity index (χ4n) is 4.55. The minimum atomic E-state index is -0.910. The first-order chi connectivity index (χ1) is 15.6. The zero-order valence-electron chi connectivity index (χ0n) is 18.1. The molecule has 0 radical (unpaired) electrons. The van der Waals surface area contributed by atoms with E-state index < -0.39 is 5.97 Å². The molecule has 3 aromatic rings. The number of rotatable bonds is 8. The molecule has 2 aliphatic rings. The Kier molecular flexibility index (Phi) is 5.45. The molecule has 2 aliphatic carbocycles. The lowest BCUT2D eigenvalue weighted by Gasteiger charge is -2.18. The van der Waals surface area contributed by atoms with Gasteiger partial charge in [-0.2, -0.15) is 0 Å². The molecule has 7 nitrogen and oxygen atoms in total. The van der Waals surface area contributed by atoms with Crippen LogP contribution in [0.2, 0.25) is 0 Å². The van der Waals surface area contributed by atoms with Crippen LogP contribution in [-0.2, 0) is 17.6 Å². The molecule has 1 unspecified atom stereocenters. The van der Waals surface area contributed by atoms with Crippen LogP contribution in [0, 0.1) is 5.92 Å². The van der Waals surface area contributed by atoms with E-state index in [2.05, 4.69) is 9.97 Å². The number of nitrogens with zero attached hydrogens (tertiary/aromatic N) is 1. The predicted molar refractivity (Wildman–Crippen MR) is 121 cm³/mol. The summed E-state index contributed by atoms with van der Waals surface area (Å²) in [5.74, 6) is 0.208. The SMILES string of the molecule is COCCOc1cccc(-c2cc3c(cn2)CCc2c-3[nH]c(C(N)C3CC3)c2C(=O)O)c1. The summed E-state index contributed by atoms with van der Waals surface area (Å²) in [6.45, 7) is 1.000. The average Bonchev–Trinajstić information content (AvgIpc) is 3.57. The first-order valence-corrected chi connectivity index (χ1v) is 11.0. The van der Waals surface area contributed by atoms with E-state index in [0.717, 1.165) is 58.7 Å². The Labute approximate surface area is 186 Å². The number of fused-ring (bicyclic) bond motifs is 3. The number of nitrogens with two attached hydrogens (primary N) is 1. The summed E-state index contributed by atoms with van der Waals surface area (Å²) in [5, 5.41) is 9.95. The van der Waals surface area contributed by atoms with Gasteiger partial charge < -0.3 is 25.3 Å². The third-order valence-corrected chi connectivity index (χ3v) is 6.40. The highest BCUT2D eigenvalue weighted by Gasteiger charge is 2.36. The van der Waals surface area contributed by atoms with Crippen molar-refractivity contribution in [2.75, 3.05) is 20.3 Å². The number of benzene rings is 1. The van der Waals surface area contributed by atoms with Crippen molar-refractivity contribution in [3.8, 4) is 28.3 Å². The normalized spacial score (nSPS) is 15.7.